The molecule has 36 heavy (non-hydrogen) atoms. The fourth-order valence-electron chi connectivity index (χ4n) is 4.10. The number of hydrogen-bond acceptors (Lipinski definition) is 7. The Kier molecular flexibility index (Phi) is 10.1. The summed E-state index contributed by atoms with van der Waals surface area (Å²) in [7, 11) is 0. The number of nitrogens with zero attached hydrogens (tertiary/aromatic N) is 2. The molecule has 0 saturated carbocycles. The Bertz CT molecular complexity index is 1060. The molecule has 0 radical (unpaired) electrons. The smallest absolute Gasteiger partial charge is 0.408 e. The molecule has 2 atom stereocenters. The van der Waals surface area contributed by atoms with Crippen molar-refractivity contribution < 1.29 is 23.9 Å². The molecule has 1 aliphatic heterocycles. The SMILES string of the molecule is CC(C)CC(NC(=O)OCc1ccccc1)C(=O)CC1CCc2ccnc(n2)CCCNC(=O)C1=O. The lowest BCUT2D eigenvalue weighted by atomic mass is 9.87. The van der Waals surface area contributed by atoms with Crippen LogP contribution in [0.3, 0.4) is 0 Å². The highest BCUT2D eigenvalue weighted by Gasteiger charge is 2.31. The summed E-state index contributed by atoms with van der Waals surface area (Å²) in [5, 5.41) is 5.31. The average Bonchev–Trinajstić information content (AvgIpc) is 2.87. The van der Waals surface area contributed by atoms with Crippen LogP contribution in [0.15, 0.2) is 42.6 Å². The zero-order valence-electron chi connectivity index (χ0n) is 20.9. The summed E-state index contributed by atoms with van der Waals surface area (Å²) in [6.07, 6.45) is 3.17. The molecule has 2 amide bonds. The summed E-state index contributed by atoms with van der Waals surface area (Å²) >= 11 is 0. The van der Waals surface area contributed by atoms with Crippen LogP contribution < -0.4 is 10.6 Å². The summed E-state index contributed by atoms with van der Waals surface area (Å²) in [6.45, 7) is 4.29. The number of alkyl carbamates (subject to hydrolysis) is 1. The van der Waals surface area contributed by atoms with Crippen LogP contribution in [0.2, 0.25) is 0 Å². The Morgan fingerprint density at radius 3 is 2.67 bits per heavy atom. The molecule has 192 valence electrons. The molecule has 2 N–H and O–H groups in total. The Hall–Kier alpha value is -3.62. The Morgan fingerprint density at radius 2 is 1.92 bits per heavy atom. The molecule has 2 unspecified atom stereocenters. The first kappa shape index (κ1) is 27.0. The number of Topliss-reactive ketones (excluding diaryl/α,β-unsaturated/α-hetero) is 2. The number of benzene rings is 1. The summed E-state index contributed by atoms with van der Waals surface area (Å²) in [5.74, 6) is -1.62. The minimum absolute atomic E-state index is 0.0808. The fraction of sp³-hybridized carbons (Fsp3) is 0.481. The number of carbonyl (C=O) groups excluding carboxylic acids is 4. The van der Waals surface area contributed by atoms with Gasteiger partial charge in [0.25, 0.3) is 5.91 Å². The number of rotatable bonds is 8. The fourth-order valence-corrected chi connectivity index (χ4v) is 4.10. The molecule has 0 aliphatic carbocycles. The van der Waals surface area contributed by atoms with Crippen LogP contribution in [0, 0.1) is 11.8 Å². The third-order valence-electron chi connectivity index (χ3n) is 6.02. The highest BCUT2D eigenvalue weighted by molar-refractivity contribution is 6.37. The summed E-state index contributed by atoms with van der Waals surface area (Å²) < 4.78 is 5.29. The minimum atomic E-state index is -0.823. The molecule has 1 aliphatic rings. The summed E-state index contributed by atoms with van der Waals surface area (Å²) in [4.78, 5) is 59.9. The number of aromatic nitrogens is 2. The number of nitrogens with one attached hydrogen (secondary N) is 2. The molecule has 1 aromatic carbocycles. The normalized spacial score (nSPS) is 17.4. The molecule has 1 aromatic heterocycles. The first-order valence-electron chi connectivity index (χ1n) is 12.4. The van der Waals surface area contributed by atoms with Gasteiger partial charge in [-0.25, -0.2) is 14.8 Å². The van der Waals surface area contributed by atoms with E-state index in [9.17, 15) is 19.2 Å². The monoisotopic (exact) mass is 494 g/mol. The molecular formula is C27H34N4O5. The van der Waals surface area contributed by atoms with Gasteiger partial charge in [-0.15, -0.1) is 0 Å². The largest absolute Gasteiger partial charge is 0.445 e. The maximum Gasteiger partial charge on any atom is 0.408 e. The molecular weight excluding hydrogens is 460 g/mol. The van der Waals surface area contributed by atoms with Gasteiger partial charge in [0.1, 0.15) is 12.4 Å². The van der Waals surface area contributed by atoms with E-state index in [1.54, 1.807) is 12.3 Å². The van der Waals surface area contributed by atoms with Gasteiger partial charge >= 0.3 is 6.09 Å². The molecule has 3 rings (SSSR count). The van der Waals surface area contributed by atoms with Gasteiger partial charge in [-0.05, 0) is 43.2 Å². The first-order valence-corrected chi connectivity index (χ1v) is 12.4. The molecule has 2 aromatic rings. The number of fused-ring (bicyclic) bond motifs is 2. The third kappa shape index (κ3) is 8.55. The number of carbonyl (C=O) groups is 4. The van der Waals surface area contributed by atoms with Crippen LogP contribution in [0.4, 0.5) is 4.79 Å². The van der Waals surface area contributed by atoms with Gasteiger partial charge < -0.3 is 15.4 Å². The molecule has 9 heteroatoms. The van der Waals surface area contributed by atoms with Gasteiger partial charge in [0, 0.05) is 37.2 Å². The summed E-state index contributed by atoms with van der Waals surface area (Å²) in [6, 6.07) is 10.2. The van der Waals surface area contributed by atoms with Gasteiger partial charge in [0.05, 0.1) is 6.04 Å². The van der Waals surface area contributed by atoms with Crippen LogP contribution in [-0.4, -0.2) is 46.1 Å². The van der Waals surface area contributed by atoms with Crippen molar-refractivity contribution in [2.45, 2.75) is 65.0 Å². The van der Waals surface area contributed by atoms with E-state index in [4.69, 9.17) is 4.74 Å². The number of ketones is 2. The van der Waals surface area contributed by atoms with E-state index in [1.165, 1.54) is 0 Å². The van der Waals surface area contributed by atoms with Crippen molar-refractivity contribution in [3.8, 4) is 0 Å². The van der Waals surface area contributed by atoms with E-state index < -0.39 is 29.7 Å². The van der Waals surface area contributed by atoms with E-state index >= 15 is 0 Å². The van der Waals surface area contributed by atoms with E-state index in [2.05, 4.69) is 20.6 Å². The lowest BCUT2D eigenvalue weighted by molar-refractivity contribution is -0.141. The van der Waals surface area contributed by atoms with E-state index in [1.807, 2.05) is 44.2 Å². The van der Waals surface area contributed by atoms with Crippen molar-refractivity contribution in [3.05, 3.63) is 59.7 Å². The van der Waals surface area contributed by atoms with Crippen molar-refractivity contribution >= 4 is 23.6 Å². The molecule has 0 fully saturated rings. The third-order valence-corrected chi connectivity index (χ3v) is 6.02. The summed E-state index contributed by atoms with van der Waals surface area (Å²) in [5.41, 5.74) is 1.60. The van der Waals surface area contributed by atoms with Gasteiger partial charge in [0.15, 0.2) is 5.78 Å². The predicted octanol–water partition coefficient (Wildman–Crippen LogP) is 2.96. The molecule has 9 nitrogen and oxygen atoms in total. The minimum Gasteiger partial charge on any atom is -0.445 e. The van der Waals surface area contributed by atoms with E-state index in [0.717, 1.165) is 11.3 Å². The second-order valence-corrected chi connectivity index (χ2v) is 9.48. The Morgan fingerprint density at radius 1 is 1.14 bits per heavy atom. The topological polar surface area (TPSA) is 127 Å². The average molecular weight is 495 g/mol. The van der Waals surface area contributed by atoms with Crippen LogP contribution in [-0.2, 0) is 38.6 Å². The van der Waals surface area contributed by atoms with Crippen molar-refractivity contribution in [2.75, 3.05) is 6.54 Å². The van der Waals surface area contributed by atoms with Crippen molar-refractivity contribution in [2.24, 2.45) is 11.8 Å². The van der Waals surface area contributed by atoms with E-state index in [0.29, 0.717) is 44.5 Å². The number of amides is 2. The van der Waals surface area contributed by atoms with Crippen LogP contribution in [0.25, 0.3) is 0 Å². The first-order chi connectivity index (χ1) is 17.3. The lowest BCUT2D eigenvalue weighted by Crippen LogP contribution is -2.44. The second-order valence-electron chi connectivity index (χ2n) is 9.48. The van der Waals surface area contributed by atoms with E-state index in [-0.39, 0.29) is 24.7 Å². The molecule has 2 heterocycles. The zero-order valence-corrected chi connectivity index (χ0v) is 20.9. The Labute approximate surface area is 211 Å². The lowest BCUT2D eigenvalue weighted by Gasteiger charge is -2.22. The van der Waals surface area contributed by atoms with Crippen LogP contribution in [0.5, 0.6) is 0 Å². The Balaban J connectivity index is 1.68. The predicted molar refractivity (Wildman–Crippen MR) is 133 cm³/mol. The highest BCUT2D eigenvalue weighted by atomic mass is 16.5. The van der Waals surface area contributed by atoms with Gasteiger partial charge in [0.2, 0.25) is 5.78 Å². The zero-order chi connectivity index (χ0) is 25.9. The van der Waals surface area contributed by atoms with Gasteiger partial charge in [-0.1, -0.05) is 44.2 Å². The van der Waals surface area contributed by atoms with Crippen LogP contribution in [0.1, 0.15) is 56.6 Å². The molecule has 0 spiro atoms. The number of aryl methyl sites for hydroxylation is 2. The number of ether oxygens (including phenoxy) is 1. The molecule has 2 bridgehead atoms. The number of hydrogen-bond donors (Lipinski definition) is 2. The maximum absolute atomic E-state index is 13.3. The van der Waals surface area contributed by atoms with Crippen molar-refractivity contribution in [3.63, 3.8) is 0 Å². The van der Waals surface area contributed by atoms with Gasteiger partial charge in [-0.2, -0.15) is 0 Å². The van der Waals surface area contributed by atoms with Crippen molar-refractivity contribution in [1.82, 2.24) is 20.6 Å². The van der Waals surface area contributed by atoms with Crippen LogP contribution >= 0.6 is 0 Å². The second kappa shape index (κ2) is 13.5. The standard InChI is InChI=1S/C27H34N4O5/c1-18(2)15-22(31-27(35)36-17-19-7-4-3-5-8-19)23(32)16-20-10-11-21-12-14-28-24(30-21)9-6-13-29-26(34)25(20)33/h3-5,7-8,12,14,18,20,22H,6,9-11,13,15-17H2,1-2H3,(H,29,34)(H,31,35). The molecule has 0 saturated heterocycles. The quantitative estimate of drug-likeness (QED) is 0.540. The maximum atomic E-state index is 13.3. The highest BCUT2D eigenvalue weighted by Crippen LogP contribution is 2.19. The van der Waals surface area contributed by atoms with Gasteiger partial charge in [-0.3, -0.25) is 14.4 Å². The van der Waals surface area contributed by atoms with Crippen molar-refractivity contribution in [1.29, 1.82) is 0 Å².